The third-order valence-corrected chi connectivity index (χ3v) is 15.3. The van der Waals surface area contributed by atoms with Crippen LogP contribution in [0.5, 0.6) is 0 Å². The lowest BCUT2D eigenvalue weighted by Gasteiger charge is -2.29. The minimum Gasteiger partial charge on any atom is -0.756 e. The Labute approximate surface area is 501 Å². The summed E-state index contributed by atoms with van der Waals surface area (Å²) in [5, 5.41) is 13.9. The lowest BCUT2D eigenvalue weighted by molar-refractivity contribution is -0.870. The van der Waals surface area contributed by atoms with Crippen LogP contribution < -0.4 is 10.2 Å². The number of carbonyl (C=O) groups excluding carboxylic acids is 1. The number of rotatable bonds is 60. The number of quaternary nitrogens is 1. The second-order valence-electron chi connectivity index (χ2n) is 23.4. The number of nitrogens with zero attached hydrogens (tertiary/aromatic N) is 1. The molecule has 81 heavy (non-hydrogen) atoms. The molecule has 0 heterocycles. The van der Waals surface area contributed by atoms with Gasteiger partial charge in [0.05, 0.1) is 39.9 Å². The number of phosphoric acid groups is 1. The molecule has 0 aliphatic carbocycles. The van der Waals surface area contributed by atoms with Crippen LogP contribution in [0.25, 0.3) is 0 Å². The average molecular weight is 1150 g/mol. The first kappa shape index (κ1) is 77.9. The molecule has 2 N–H and O–H groups in total. The Morgan fingerprint density at radius 2 is 0.765 bits per heavy atom. The highest BCUT2D eigenvalue weighted by molar-refractivity contribution is 7.45. The first-order chi connectivity index (χ1) is 39.5. The normalized spacial score (nSPS) is 14.5. The van der Waals surface area contributed by atoms with Gasteiger partial charge in [0, 0.05) is 6.42 Å². The van der Waals surface area contributed by atoms with Crippen LogP contribution in [-0.4, -0.2) is 68.5 Å². The number of hydrogen-bond acceptors (Lipinski definition) is 6. The number of amides is 1. The number of carbonyl (C=O) groups is 1. The topological polar surface area (TPSA) is 108 Å². The fourth-order valence-corrected chi connectivity index (χ4v) is 9.95. The maximum absolute atomic E-state index is 13.0. The third-order valence-electron chi connectivity index (χ3n) is 14.4. The van der Waals surface area contributed by atoms with Crippen molar-refractivity contribution in [3.05, 3.63) is 122 Å². The summed E-state index contributed by atoms with van der Waals surface area (Å²) in [5.74, 6) is -0.214. The Bertz CT molecular complexity index is 1730. The van der Waals surface area contributed by atoms with E-state index >= 15 is 0 Å². The highest BCUT2D eigenvalue weighted by Gasteiger charge is 2.23. The van der Waals surface area contributed by atoms with Gasteiger partial charge in [-0.05, 0) is 103 Å². The van der Waals surface area contributed by atoms with Gasteiger partial charge in [-0.25, -0.2) is 0 Å². The second kappa shape index (κ2) is 61.5. The fourth-order valence-electron chi connectivity index (χ4n) is 9.23. The zero-order valence-electron chi connectivity index (χ0n) is 53.2. The number of aliphatic hydroxyl groups is 1. The van der Waals surface area contributed by atoms with Gasteiger partial charge in [-0.1, -0.05) is 289 Å². The molecule has 0 aromatic rings. The molecule has 466 valence electrons. The molecule has 0 saturated heterocycles. The minimum atomic E-state index is -4.62. The van der Waals surface area contributed by atoms with Gasteiger partial charge in [-0.3, -0.25) is 9.36 Å². The molecule has 0 spiro atoms. The van der Waals surface area contributed by atoms with Gasteiger partial charge in [0.15, 0.2) is 0 Å². The Balaban J connectivity index is 4.13. The smallest absolute Gasteiger partial charge is 0.268 e. The molecule has 3 atom stereocenters. The van der Waals surface area contributed by atoms with Crippen molar-refractivity contribution < 1.29 is 32.9 Å². The van der Waals surface area contributed by atoms with Crippen LogP contribution in [0.1, 0.15) is 277 Å². The first-order valence-corrected chi connectivity index (χ1v) is 34.9. The molecular weight excluding hydrogens is 1020 g/mol. The number of hydrogen-bond donors (Lipinski definition) is 2. The van der Waals surface area contributed by atoms with Crippen LogP contribution in [0.4, 0.5) is 0 Å². The predicted molar refractivity (Wildman–Crippen MR) is 352 cm³/mol. The van der Waals surface area contributed by atoms with E-state index in [0.29, 0.717) is 17.4 Å². The summed E-state index contributed by atoms with van der Waals surface area (Å²) in [5.41, 5.74) is 0. The summed E-state index contributed by atoms with van der Waals surface area (Å²) in [6.45, 7) is 4.52. The van der Waals surface area contributed by atoms with Crippen molar-refractivity contribution in [1.29, 1.82) is 0 Å². The van der Waals surface area contributed by atoms with E-state index in [1.165, 1.54) is 167 Å². The molecule has 0 aliphatic heterocycles. The van der Waals surface area contributed by atoms with Gasteiger partial charge in [0.1, 0.15) is 13.2 Å². The van der Waals surface area contributed by atoms with Gasteiger partial charge in [-0.15, -0.1) is 0 Å². The van der Waals surface area contributed by atoms with Crippen molar-refractivity contribution in [1.82, 2.24) is 5.32 Å². The van der Waals surface area contributed by atoms with Crippen molar-refractivity contribution in [2.45, 2.75) is 289 Å². The number of phosphoric ester groups is 1. The molecule has 3 unspecified atom stereocenters. The quantitative estimate of drug-likeness (QED) is 0.0272. The van der Waals surface area contributed by atoms with E-state index in [1.54, 1.807) is 6.08 Å². The van der Waals surface area contributed by atoms with Crippen molar-refractivity contribution >= 4 is 13.7 Å². The molecule has 0 rings (SSSR count). The molecule has 0 bridgehead atoms. The Morgan fingerprint density at radius 1 is 0.444 bits per heavy atom. The van der Waals surface area contributed by atoms with E-state index in [4.69, 9.17) is 9.05 Å². The van der Waals surface area contributed by atoms with Gasteiger partial charge in [0.25, 0.3) is 7.82 Å². The molecule has 0 aromatic heterocycles. The number of aliphatic hydroxyl groups excluding tert-OH is 1. The SMILES string of the molecule is CC/C=C\C/C=C\C/C=C\C/C=C\C/C=C\C/C=C\C/C=C\CCCCCCCCCCCCCCCCCC(=O)NC(COP(=O)([O-])OCC[N+](C)(C)C)C(O)/C=C/CC/C=C/CC/C=C/CCCCCCCCCCCCCC. The summed E-state index contributed by atoms with van der Waals surface area (Å²) >= 11 is 0. The van der Waals surface area contributed by atoms with Crippen LogP contribution in [-0.2, 0) is 18.4 Å². The summed E-state index contributed by atoms with van der Waals surface area (Å²) in [4.78, 5) is 25.6. The molecule has 0 radical (unpaired) electrons. The minimum absolute atomic E-state index is 0.0132. The van der Waals surface area contributed by atoms with Crippen LogP contribution in [0.15, 0.2) is 122 Å². The van der Waals surface area contributed by atoms with Crippen LogP contribution >= 0.6 is 7.82 Å². The Kier molecular flexibility index (Phi) is 59.1. The monoisotopic (exact) mass is 1150 g/mol. The fraction of sp³-hybridized carbons (Fsp3) is 0.708. The van der Waals surface area contributed by atoms with Gasteiger partial charge >= 0.3 is 0 Å². The van der Waals surface area contributed by atoms with Crippen molar-refractivity contribution in [3.63, 3.8) is 0 Å². The zero-order valence-corrected chi connectivity index (χ0v) is 54.1. The molecule has 1 amide bonds. The van der Waals surface area contributed by atoms with Crippen molar-refractivity contribution in [3.8, 4) is 0 Å². The highest BCUT2D eigenvalue weighted by Crippen LogP contribution is 2.38. The van der Waals surface area contributed by atoms with E-state index in [1.807, 2.05) is 27.2 Å². The van der Waals surface area contributed by atoms with Crippen LogP contribution in [0, 0.1) is 0 Å². The Morgan fingerprint density at radius 3 is 1.15 bits per heavy atom. The van der Waals surface area contributed by atoms with E-state index in [-0.39, 0.29) is 12.5 Å². The maximum Gasteiger partial charge on any atom is 0.268 e. The van der Waals surface area contributed by atoms with Crippen molar-refractivity contribution in [2.75, 3.05) is 40.9 Å². The van der Waals surface area contributed by atoms with Crippen molar-refractivity contribution in [2.24, 2.45) is 0 Å². The molecule has 0 aliphatic rings. The van der Waals surface area contributed by atoms with Gasteiger partial charge in [0.2, 0.25) is 5.91 Å². The lowest BCUT2D eigenvalue weighted by Crippen LogP contribution is -2.45. The maximum atomic E-state index is 13.0. The van der Waals surface area contributed by atoms with Gasteiger partial charge < -0.3 is 28.8 Å². The summed E-state index contributed by atoms with van der Waals surface area (Å²) < 4.78 is 23.4. The number of likely N-dealkylation sites (N-methyl/N-ethyl adjacent to an activating group) is 1. The molecule has 0 saturated carbocycles. The summed E-state index contributed by atoms with van der Waals surface area (Å²) in [6.07, 6.45) is 91.6. The summed E-state index contributed by atoms with van der Waals surface area (Å²) in [6, 6.07) is -0.918. The summed E-state index contributed by atoms with van der Waals surface area (Å²) in [7, 11) is 1.23. The molecule has 0 aromatic carbocycles. The predicted octanol–water partition coefficient (Wildman–Crippen LogP) is 20.6. The third kappa shape index (κ3) is 64.3. The van der Waals surface area contributed by atoms with Crippen LogP contribution in [0.2, 0.25) is 0 Å². The average Bonchev–Trinajstić information content (AvgIpc) is 3.43. The van der Waals surface area contributed by atoms with Gasteiger partial charge in [-0.2, -0.15) is 0 Å². The zero-order chi connectivity index (χ0) is 59.1. The first-order valence-electron chi connectivity index (χ1n) is 33.4. The number of unbranched alkanes of at least 4 members (excludes halogenated alkanes) is 29. The molecule has 9 heteroatoms. The molecular formula is C72H127N2O6P. The molecule has 0 fully saturated rings. The van der Waals surface area contributed by atoms with E-state index < -0.39 is 26.6 Å². The standard InChI is InChI=1S/C72H127N2O6P/c1-6-8-10-12-14-16-18-20-22-24-26-28-30-31-32-33-34-35-36-37-38-39-40-41-42-43-44-46-48-50-52-54-56-58-60-62-64-66-72(76)73-70(69-80-81(77,78)79-68-67-74(3,4)5)71(75)65-63-61-59-57-55-53-51-49-47-45-29-27-25-23-21-19-17-15-13-11-9-7-2/h8,10,14,16,20,22,26,28,31-32,34-35,37-38,47,49,55,57,63,65,70-71,75H,6-7,9,11-13,15,17-19,21,23-25,27,29-30,33,36,39-46,48,50-54,56,58-62,64,66-69H2,1-5H3,(H-,73,76,77,78)/b10-8-,16-14-,22-20-,28-26-,32-31-,35-34-,38-37-,49-47+,57-55+,65-63+. The van der Waals surface area contributed by atoms with E-state index in [9.17, 15) is 19.4 Å². The Hall–Kier alpha value is -3.10. The van der Waals surface area contributed by atoms with E-state index in [0.717, 1.165) is 89.9 Å². The number of allylic oxidation sites excluding steroid dienone is 19. The van der Waals surface area contributed by atoms with E-state index in [2.05, 4.69) is 129 Å². The van der Waals surface area contributed by atoms with Crippen LogP contribution in [0.3, 0.4) is 0 Å². The second-order valence-corrected chi connectivity index (χ2v) is 24.8. The largest absolute Gasteiger partial charge is 0.756 e. The molecule has 8 nitrogen and oxygen atoms in total. The highest BCUT2D eigenvalue weighted by atomic mass is 31.2. The number of nitrogens with one attached hydrogen (secondary N) is 1. The lowest BCUT2D eigenvalue weighted by atomic mass is 10.0.